The molecule has 0 amide bonds. The summed E-state index contributed by atoms with van der Waals surface area (Å²) in [5.74, 6) is -0.990. The van der Waals surface area contributed by atoms with Crippen molar-refractivity contribution in [2.75, 3.05) is 13.2 Å². The lowest BCUT2D eigenvalue weighted by molar-refractivity contribution is -0.166. The molecule has 6 heteroatoms. The number of unbranched alkanes of at least 4 members (excludes halogenated alkanes) is 25. The van der Waals surface area contributed by atoms with Gasteiger partial charge in [-0.3, -0.25) is 14.4 Å². The van der Waals surface area contributed by atoms with Crippen LogP contribution in [0.4, 0.5) is 0 Å². The van der Waals surface area contributed by atoms with E-state index in [1.165, 1.54) is 141 Å². The lowest BCUT2D eigenvalue weighted by Gasteiger charge is -2.18. The average molecular weight is 933 g/mol. The quantitative estimate of drug-likeness (QED) is 0.0262. The maximum Gasteiger partial charge on any atom is 0.306 e. The van der Waals surface area contributed by atoms with E-state index >= 15 is 0 Å². The molecule has 0 aromatic heterocycles. The van der Waals surface area contributed by atoms with Crippen LogP contribution in [-0.2, 0) is 28.6 Å². The Balaban J connectivity index is 4.48. The highest BCUT2D eigenvalue weighted by atomic mass is 16.6. The summed E-state index contributed by atoms with van der Waals surface area (Å²) in [7, 11) is 0. The van der Waals surface area contributed by atoms with Gasteiger partial charge in [0.05, 0.1) is 0 Å². The fraction of sp³-hybridized carbons (Fsp3) is 0.721. The molecule has 0 saturated carbocycles. The van der Waals surface area contributed by atoms with E-state index in [1.807, 2.05) is 6.08 Å². The van der Waals surface area contributed by atoms with Crippen LogP contribution in [0, 0.1) is 0 Å². The van der Waals surface area contributed by atoms with Crippen molar-refractivity contribution in [2.24, 2.45) is 0 Å². The molecule has 1 atom stereocenters. The van der Waals surface area contributed by atoms with E-state index in [-0.39, 0.29) is 37.5 Å². The third-order valence-electron chi connectivity index (χ3n) is 11.9. The molecule has 67 heavy (non-hydrogen) atoms. The Hall–Kier alpha value is -3.41. The Morgan fingerprint density at radius 2 is 0.567 bits per heavy atom. The summed E-state index contributed by atoms with van der Waals surface area (Å²) in [5, 5.41) is 0. The summed E-state index contributed by atoms with van der Waals surface area (Å²) < 4.78 is 16.8. The number of allylic oxidation sites excluding steroid dienone is 14. The van der Waals surface area contributed by atoms with E-state index in [0.29, 0.717) is 19.3 Å². The maximum absolute atomic E-state index is 12.8. The van der Waals surface area contributed by atoms with E-state index in [0.717, 1.165) is 77.0 Å². The van der Waals surface area contributed by atoms with Crippen LogP contribution in [0.3, 0.4) is 0 Å². The first-order chi connectivity index (χ1) is 33.0. The van der Waals surface area contributed by atoms with Crippen LogP contribution in [0.5, 0.6) is 0 Å². The van der Waals surface area contributed by atoms with Gasteiger partial charge in [-0.25, -0.2) is 0 Å². The Kier molecular flexibility index (Phi) is 52.4. The normalized spacial score (nSPS) is 12.7. The molecule has 0 spiro atoms. The zero-order valence-corrected chi connectivity index (χ0v) is 43.9. The fourth-order valence-corrected chi connectivity index (χ4v) is 7.63. The maximum atomic E-state index is 12.8. The molecule has 0 aliphatic rings. The van der Waals surface area contributed by atoms with Crippen LogP contribution in [0.15, 0.2) is 85.1 Å². The second-order valence-electron chi connectivity index (χ2n) is 18.5. The highest BCUT2D eigenvalue weighted by Crippen LogP contribution is 2.15. The molecule has 0 aromatic rings. The molecule has 0 rings (SSSR count). The number of carbonyl (C=O) groups is 3. The molecule has 0 aromatic carbocycles. The lowest BCUT2D eigenvalue weighted by Crippen LogP contribution is -2.30. The van der Waals surface area contributed by atoms with Gasteiger partial charge < -0.3 is 14.2 Å². The molecular weight excluding hydrogens is 829 g/mol. The first kappa shape index (κ1) is 63.6. The summed E-state index contributed by atoms with van der Waals surface area (Å²) in [6.45, 7) is 6.52. The van der Waals surface area contributed by atoms with Gasteiger partial charge >= 0.3 is 17.9 Å². The zero-order valence-electron chi connectivity index (χ0n) is 43.9. The smallest absolute Gasteiger partial charge is 0.306 e. The van der Waals surface area contributed by atoms with E-state index in [4.69, 9.17) is 14.2 Å². The average Bonchev–Trinajstić information content (AvgIpc) is 3.33. The van der Waals surface area contributed by atoms with Crippen molar-refractivity contribution >= 4 is 17.9 Å². The molecule has 0 fully saturated rings. The molecule has 0 radical (unpaired) electrons. The van der Waals surface area contributed by atoms with Gasteiger partial charge in [-0.1, -0.05) is 241 Å². The van der Waals surface area contributed by atoms with Crippen LogP contribution in [0.2, 0.25) is 0 Å². The van der Waals surface area contributed by atoms with Gasteiger partial charge in [0, 0.05) is 19.3 Å². The molecular formula is C61H104O6. The minimum atomic E-state index is -0.808. The van der Waals surface area contributed by atoms with Crippen LogP contribution >= 0.6 is 0 Å². The second kappa shape index (κ2) is 55.2. The van der Waals surface area contributed by atoms with Crippen molar-refractivity contribution in [3.63, 3.8) is 0 Å². The van der Waals surface area contributed by atoms with E-state index < -0.39 is 6.10 Å². The number of carbonyl (C=O) groups excluding carboxylic acids is 3. The summed E-state index contributed by atoms with van der Waals surface area (Å²) in [6.07, 6.45) is 71.5. The standard InChI is InChI=1S/C61H104O6/c1-4-7-10-13-16-19-22-25-27-29-30-32-34-37-39-42-45-48-51-54-60(63)66-57-58(67-61(64)55-52-49-46-43-40-35-24-21-18-15-12-9-6-3)56-65-59(62)53-50-47-44-41-38-36-33-31-28-26-23-20-17-14-11-8-5-2/h16-17,19-20,25-28,30,32,37,39,45,48,58H,4-15,18,21-24,29,31,33-36,38,40-44,46-47,49-57H2,1-3H3/b19-16-,20-17-,27-25-,28-26-,32-30-,39-37-,48-45-/t58-/m0/s1. The predicted molar refractivity (Wildman–Crippen MR) is 288 cm³/mol. The fourth-order valence-electron chi connectivity index (χ4n) is 7.63. The Morgan fingerprint density at radius 3 is 0.955 bits per heavy atom. The predicted octanol–water partition coefficient (Wildman–Crippen LogP) is 18.8. The van der Waals surface area contributed by atoms with E-state index in [2.05, 4.69) is 99.8 Å². The van der Waals surface area contributed by atoms with Crippen molar-refractivity contribution in [3.05, 3.63) is 85.1 Å². The molecule has 0 heterocycles. The van der Waals surface area contributed by atoms with Crippen LogP contribution in [-0.4, -0.2) is 37.2 Å². The van der Waals surface area contributed by atoms with Gasteiger partial charge in [0.1, 0.15) is 13.2 Å². The van der Waals surface area contributed by atoms with Crippen molar-refractivity contribution < 1.29 is 28.6 Å². The van der Waals surface area contributed by atoms with Gasteiger partial charge in [0.2, 0.25) is 0 Å². The molecule has 384 valence electrons. The lowest BCUT2D eigenvalue weighted by atomic mass is 10.0. The minimum Gasteiger partial charge on any atom is -0.462 e. The monoisotopic (exact) mass is 933 g/mol. The van der Waals surface area contributed by atoms with Crippen LogP contribution < -0.4 is 0 Å². The molecule has 0 aliphatic carbocycles. The minimum absolute atomic E-state index is 0.102. The van der Waals surface area contributed by atoms with Crippen molar-refractivity contribution in [1.82, 2.24) is 0 Å². The summed E-state index contributed by atoms with van der Waals surface area (Å²) in [4.78, 5) is 38.1. The SMILES string of the molecule is CCCCC/C=C\C/C=C\C/C=C\C/C=C\C/C=C\CCC(=O)OC[C@H](COC(=O)CCCCCCCCC/C=C\C/C=C\CCCCC)OC(=O)CCCCCCCCCCCCCCC. The van der Waals surface area contributed by atoms with Gasteiger partial charge in [-0.15, -0.1) is 0 Å². The van der Waals surface area contributed by atoms with Gasteiger partial charge in [-0.05, 0) is 89.9 Å². The number of rotatable bonds is 50. The van der Waals surface area contributed by atoms with Crippen molar-refractivity contribution in [2.45, 2.75) is 271 Å². The van der Waals surface area contributed by atoms with Crippen LogP contribution in [0.25, 0.3) is 0 Å². The summed E-state index contributed by atoms with van der Waals surface area (Å²) in [6, 6.07) is 0. The number of ether oxygens (including phenoxy) is 3. The third kappa shape index (κ3) is 53.4. The second-order valence-corrected chi connectivity index (χ2v) is 18.5. The zero-order chi connectivity index (χ0) is 48.6. The van der Waals surface area contributed by atoms with E-state index in [9.17, 15) is 14.4 Å². The molecule has 6 nitrogen and oxygen atoms in total. The Labute approximate surface area is 414 Å². The molecule has 0 saturated heterocycles. The summed E-state index contributed by atoms with van der Waals surface area (Å²) >= 11 is 0. The third-order valence-corrected chi connectivity index (χ3v) is 11.9. The Bertz CT molecular complexity index is 1300. The number of esters is 3. The summed E-state index contributed by atoms with van der Waals surface area (Å²) in [5.41, 5.74) is 0. The number of hydrogen-bond acceptors (Lipinski definition) is 6. The highest BCUT2D eigenvalue weighted by Gasteiger charge is 2.19. The molecule has 0 unspecified atom stereocenters. The van der Waals surface area contributed by atoms with Gasteiger partial charge in [-0.2, -0.15) is 0 Å². The molecule has 0 bridgehead atoms. The van der Waals surface area contributed by atoms with Gasteiger partial charge in [0.15, 0.2) is 6.10 Å². The van der Waals surface area contributed by atoms with E-state index in [1.54, 1.807) is 0 Å². The number of hydrogen-bond donors (Lipinski definition) is 0. The first-order valence-corrected chi connectivity index (χ1v) is 28.1. The molecule has 0 N–H and O–H groups in total. The largest absolute Gasteiger partial charge is 0.462 e. The first-order valence-electron chi connectivity index (χ1n) is 28.1. The van der Waals surface area contributed by atoms with Crippen molar-refractivity contribution in [3.8, 4) is 0 Å². The highest BCUT2D eigenvalue weighted by molar-refractivity contribution is 5.71. The van der Waals surface area contributed by atoms with Crippen molar-refractivity contribution in [1.29, 1.82) is 0 Å². The molecule has 0 aliphatic heterocycles. The topological polar surface area (TPSA) is 78.9 Å². The van der Waals surface area contributed by atoms with Gasteiger partial charge in [0.25, 0.3) is 0 Å². The Morgan fingerprint density at radius 1 is 0.299 bits per heavy atom. The van der Waals surface area contributed by atoms with Crippen LogP contribution in [0.1, 0.15) is 265 Å².